The van der Waals surface area contributed by atoms with Crippen molar-refractivity contribution in [2.75, 3.05) is 13.2 Å². The minimum absolute atomic E-state index is 0.0464. The van der Waals surface area contributed by atoms with Gasteiger partial charge in [-0.3, -0.25) is 19.3 Å². The first-order valence-corrected chi connectivity index (χ1v) is 15.4. The molecule has 2 aliphatic heterocycles. The second-order valence-electron chi connectivity index (χ2n) is 12.5. The van der Waals surface area contributed by atoms with Gasteiger partial charge in [0, 0.05) is 18.9 Å². The Hall–Kier alpha value is -2.93. The molecule has 0 spiro atoms. The van der Waals surface area contributed by atoms with Crippen LogP contribution in [0.2, 0.25) is 0 Å². The predicted molar refractivity (Wildman–Crippen MR) is 159 cm³/mol. The van der Waals surface area contributed by atoms with Crippen LogP contribution in [-0.2, 0) is 19.1 Å². The van der Waals surface area contributed by atoms with E-state index in [1.165, 1.54) is 21.6 Å². The van der Waals surface area contributed by atoms with E-state index in [2.05, 4.69) is 26.8 Å². The van der Waals surface area contributed by atoms with Crippen molar-refractivity contribution in [1.82, 2.24) is 4.90 Å². The quantitative estimate of drug-likeness (QED) is 0.159. The number of likely N-dealkylation sites (tertiary alicyclic amines) is 1. The summed E-state index contributed by atoms with van der Waals surface area (Å²) in [5, 5.41) is 19.1. The zero-order valence-corrected chi connectivity index (χ0v) is 25.4. The summed E-state index contributed by atoms with van der Waals surface area (Å²) in [7, 11) is 0. The first-order chi connectivity index (χ1) is 19.5. The number of nitrogens with zero attached hydrogens (tertiary/aromatic N) is 1. The topological polar surface area (TPSA) is 104 Å². The normalized spacial score (nSPS) is 24.4. The standard InChI is InChI=1S/C34H47NO6/c1-6-10-23(17-24-15-21(4)32(38)22(5)16-24)12-13-28-30-25(20(2)3)18-26-31(27(30)19-41-28)34(40)35(33(26)39)14-9-7-8-11-29(36)37/h15-17,20,26-28,31,38H,6-14,18-19H2,1-5H3,(H,36,37)/b23-17+/t26-,27+,28-,31-/m1/s1. The van der Waals surface area contributed by atoms with E-state index in [1.807, 2.05) is 26.0 Å². The molecular formula is C34H47NO6. The van der Waals surface area contributed by atoms with E-state index in [9.17, 15) is 19.5 Å². The Kier molecular flexibility index (Phi) is 10.1. The van der Waals surface area contributed by atoms with Crippen LogP contribution in [0.1, 0.15) is 95.2 Å². The molecule has 2 fully saturated rings. The van der Waals surface area contributed by atoms with Crippen molar-refractivity contribution in [3.05, 3.63) is 45.5 Å². The number of carbonyl (C=O) groups is 3. The van der Waals surface area contributed by atoms with Gasteiger partial charge in [0.05, 0.1) is 24.5 Å². The van der Waals surface area contributed by atoms with E-state index in [-0.39, 0.29) is 48.0 Å². The van der Waals surface area contributed by atoms with Crippen LogP contribution >= 0.6 is 0 Å². The molecule has 7 nitrogen and oxygen atoms in total. The van der Waals surface area contributed by atoms with Gasteiger partial charge >= 0.3 is 5.97 Å². The van der Waals surface area contributed by atoms with E-state index in [0.717, 1.165) is 42.4 Å². The Morgan fingerprint density at radius 1 is 1.05 bits per heavy atom. The first kappa shape index (κ1) is 31.0. The van der Waals surface area contributed by atoms with Crippen LogP contribution in [0.5, 0.6) is 5.75 Å². The first-order valence-electron chi connectivity index (χ1n) is 15.4. The smallest absolute Gasteiger partial charge is 0.303 e. The Bertz CT molecular complexity index is 1200. The number of aryl methyl sites for hydroxylation is 2. The molecule has 224 valence electrons. The molecule has 1 aromatic rings. The van der Waals surface area contributed by atoms with Crippen molar-refractivity contribution in [1.29, 1.82) is 0 Å². The number of phenols is 1. The zero-order valence-electron chi connectivity index (χ0n) is 25.4. The summed E-state index contributed by atoms with van der Waals surface area (Å²) in [5.41, 5.74) is 6.76. The number of carboxylic acid groups (broad SMARTS) is 1. The van der Waals surface area contributed by atoms with Gasteiger partial charge in [0.25, 0.3) is 0 Å². The van der Waals surface area contributed by atoms with Gasteiger partial charge < -0.3 is 14.9 Å². The lowest BCUT2D eigenvalue weighted by Gasteiger charge is -2.33. The summed E-state index contributed by atoms with van der Waals surface area (Å²) in [6.45, 7) is 11.2. The zero-order chi connectivity index (χ0) is 29.8. The van der Waals surface area contributed by atoms with Gasteiger partial charge in [0.15, 0.2) is 0 Å². The third-order valence-corrected chi connectivity index (χ3v) is 9.19. The molecule has 1 aromatic carbocycles. The van der Waals surface area contributed by atoms with Crippen LogP contribution in [0.3, 0.4) is 0 Å². The number of aromatic hydroxyl groups is 1. The summed E-state index contributed by atoms with van der Waals surface area (Å²) < 4.78 is 6.42. The number of amides is 2. The minimum atomic E-state index is -0.817. The number of rotatable bonds is 13. The Morgan fingerprint density at radius 2 is 1.76 bits per heavy atom. The van der Waals surface area contributed by atoms with Gasteiger partial charge in [-0.05, 0) is 92.7 Å². The van der Waals surface area contributed by atoms with Crippen molar-refractivity contribution in [3.8, 4) is 5.75 Å². The maximum absolute atomic E-state index is 13.6. The van der Waals surface area contributed by atoms with Gasteiger partial charge in [-0.25, -0.2) is 0 Å². The van der Waals surface area contributed by atoms with Crippen molar-refractivity contribution in [2.45, 2.75) is 98.5 Å². The number of ether oxygens (including phenoxy) is 1. The fraction of sp³-hybridized carbons (Fsp3) is 0.618. The highest BCUT2D eigenvalue weighted by atomic mass is 16.5. The fourth-order valence-corrected chi connectivity index (χ4v) is 7.18. The van der Waals surface area contributed by atoms with Crippen molar-refractivity contribution in [3.63, 3.8) is 0 Å². The van der Waals surface area contributed by atoms with E-state index in [0.29, 0.717) is 44.6 Å². The molecule has 0 unspecified atom stereocenters. The van der Waals surface area contributed by atoms with E-state index in [1.54, 1.807) is 0 Å². The molecule has 0 bridgehead atoms. The average Bonchev–Trinajstić information content (AvgIpc) is 3.43. The summed E-state index contributed by atoms with van der Waals surface area (Å²) in [6, 6.07) is 4.06. The van der Waals surface area contributed by atoms with Crippen LogP contribution in [0.15, 0.2) is 28.9 Å². The number of fused-ring (bicyclic) bond motifs is 3. The minimum Gasteiger partial charge on any atom is -0.507 e. The van der Waals surface area contributed by atoms with E-state index < -0.39 is 5.97 Å². The molecule has 3 aliphatic rings. The van der Waals surface area contributed by atoms with Crippen LogP contribution in [-0.4, -0.2) is 52.2 Å². The van der Waals surface area contributed by atoms with Crippen LogP contribution < -0.4 is 0 Å². The molecular weight excluding hydrogens is 518 g/mol. The number of carboxylic acids is 1. The molecule has 0 radical (unpaired) electrons. The van der Waals surface area contributed by atoms with Gasteiger partial charge in [-0.2, -0.15) is 0 Å². The lowest BCUT2D eigenvalue weighted by atomic mass is 9.67. The number of hydrogen-bond donors (Lipinski definition) is 2. The second kappa shape index (κ2) is 13.4. The lowest BCUT2D eigenvalue weighted by Crippen LogP contribution is -2.35. The van der Waals surface area contributed by atoms with Crippen LogP contribution in [0, 0.1) is 37.5 Å². The highest BCUT2D eigenvalue weighted by Gasteiger charge is 2.56. The van der Waals surface area contributed by atoms with E-state index >= 15 is 0 Å². The van der Waals surface area contributed by atoms with Crippen LogP contribution in [0.4, 0.5) is 0 Å². The molecule has 7 heteroatoms. The molecule has 41 heavy (non-hydrogen) atoms. The number of carbonyl (C=O) groups excluding carboxylic acids is 2. The Balaban J connectivity index is 1.49. The predicted octanol–water partition coefficient (Wildman–Crippen LogP) is 6.59. The van der Waals surface area contributed by atoms with Crippen molar-refractivity contribution in [2.24, 2.45) is 23.7 Å². The molecule has 0 saturated carbocycles. The van der Waals surface area contributed by atoms with Crippen molar-refractivity contribution >= 4 is 23.9 Å². The maximum atomic E-state index is 13.6. The lowest BCUT2D eigenvalue weighted by molar-refractivity contribution is -0.141. The number of phenolic OH excluding ortho intramolecular Hbond substituents is 1. The molecule has 4 rings (SSSR count). The Morgan fingerprint density at radius 3 is 2.39 bits per heavy atom. The molecule has 2 heterocycles. The van der Waals surface area contributed by atoms with Gasteiger partial charge in [0.1, 0.15) is 5.75 Å². The third-order valence-electron chi connectivity index (χ3n) is 9.19. The third kappa shape index (κ3) is 6.77. The number of benzene rings is 1. The highest BCUT2D eigenvalue weighted by molar-refractivity contribution is 6.06. The van der Waals surface area contributed by atoms with Gasteiger partial charge in [-0.1, -0.05) is 50.8 Å². The van der Waals surface area contributed by atoms with Crippen LogP contribution in [0.25, 0.3) is 6.08 Å². The summed E-state index contributed by atoms with van der Waals surface area (Å²) >= 11 is 0. The molecule has 2 N–H and O–H groups in total. The maximum Gasteiger partial charge on any atom is 0.303 e. The summed E-state index contributed by atoms with van der Waals surface area (Å²) in [4.78, 5) is 39.3. The number of allylic oxidation sites excluding steroid dienone is 2. The molecule has 1 aliphatic carbocycles. The number of hydrogen-bond acceptors (Lipinski definition) is 5. The average molecular weight is 566 g/mol. The molecule has 4 atom stereocenters. The van der Waals surface area contributed by atoms with Crippen molar-refractivity contribution < 1.29 is 29.3 Å². The molecule has 0 aromatic heterocycles. The number of aliphatic carboxylic acids is 1. The number of unbranched alkanes of at least 4 members (excludes halogenated alkanes) is 2. The summed E-state index contributed by atoms with van der Waals surface area (Å²) in [5.74, 6) is -1.04. The van der Waals surface area contributed by atoms with Gasteiger partial charge in [-0.15, -0.1) is 0 Å². The largest absolute Gasteiger partial charge is 0.507 e. The van der Waals surface area contributed by atoms with E-state index in [4.69, 9.17) is 9.84 Å². The second-order valence-corrected chi connectivity index (χ2v) is 12.5. The SMILES string of the molecule is CCC/C(=C\c1cc(C)c(O)c(C)c1)CC[C@H]1OC[C@H]2C1=C(C(C)C)C[C@H]1C(=O)N(CCCCCC(=O)O)C(=O)[C@H]12. The van der Waals surface area contributed by atoms with Gasteiger partial charge in [0.2, 0.25) is 11.8 Å². The Labute approximate surface area is 244 Å². The highest BCUT2D eigenvalue weighted by Crippen LogP contribution is 2.51. The number of imide groups is 1. The molecule has 2 saturated heterocycles. The molecule has 2 amide bonds. The fourth-order valence-electron chi connectivity index (χ4n) is 7.18. The monoisotopic (exact) mass is 565 g/mol. The summed E-state index contributed by atoms with van der Waals surface area (Å²) in [6.07, 6.45) is 8.59.